The summed E-state index contributed by atoms with van der Waals surface area (Å²) in [7, 11) is 1.59. The molecular formula is C16H25N3O2. The van der Waals surface area contributed by atoms with Gasteiger partial charge in [0.1, 0.15) is 0 Å². The van der Waals surface area contributed by atoms with Gasteiger partial charge >= 0.3 is 0 Å². The lowest BCUT2D eigenvalue weighted by Crippen LogP contribution is -2.43. The Labute approximate surface area is 126 Å². The van der Waals surface area contributed by atoms with Gasteiger partial charge in [0.2, 0.25) is 5.91 Å². The van der Waals surface area contributed by atoms with Crippen molar-refractivity contribution in [3.8, 4) is 0 Å². The highest BCUT2D eigenvalue weighted by Crippen LogP contribution is 2.17. The molecule has 0 atom stereocenters. The molecule has 1 aromatic carbocycles. The van der Waals surface area contributed by atoms with Crippen LogP contribution in [-0.2, 0) is 4.79 Å². The molecule has 0 unspecified atom stereocenters. The highest BCUT2D eigenvalue weighted by molar-refractivity contribution is 5.99. The predicted octanol–water partition coefficient (Wildman–Crippen LogP) is 2.01. The minimum Gasteiger partial charge on any atom is -0.384 e. The van der Waals surface area contributed by atoms with Crippen LogP contribution in [-0.4, -0.2) is 32.0 Å². The van der Waals surface area contributed by atoms with Gasteiger partial charge in [0.05, 0.1) is 11.0 Å². The van der Waals surface area contributed by atoms with Crippen molar-refractivity contribution in [3.63, 3.8) is 0 Å². The third kappa shape index (κ3) is 4.77. The van der Waals surface area contributed by atoms with E-state index in [-0.39, 0.29) is 18.4 Å². The quantitative estimate of drug-likeness (QED) is 0.719. The molecule has 5 heteroatoms. The van der Waals surface area contributed by atoms with Gasteiger partial charge in [-0.2, -0.15) is 0 Å². The highest BCUT2D eigenvalue weighted by Gasteiger charge is 2.27. The number of hydrogen-bond donors (Lipinski definition) is 3. The second-order valence-corrected chi connectivity index (χ2v) is 5.62. The smallest absolute Gasteiger partial charge is 0.253 e. The summed E-state index contributed by atoms with van der Waals surface area (Å²) in [5, 5.41) is 8.67. The molecular weight excluding hydrogens is 266 g/mol. The maximum absolute atomic E-state index is 12.3. The minimum absolute atomic E-state index is 0.0970. The van der Waals surface area contributed by atoms with Gasteiger partial charge < -0.3 is 16.0 Å². The first kappa shape index (κ1) is 17.0. The zero-order valence-corrected chi connectivity index (χ0v) is 13.2. The average Bonchev–Trinajstić information content (AvgIpc) is 2.50. The van der Waals surface area contributed by atoms with Crippen molar-refractivity contribution in [1.29, 1.82) is 0 Å². The molecule has 0 aliphatic rings. The number of carbonyl (C=O) groups excluding carboxylic acids is 2. The van der Waals surface area contributed by atoms with Gasteiger partial charge in [0.25, 0.3) is 5.91 Å². The Kier molecular flexibility index (Phi) is 6.21. The number of benzene rings is 1. The maximum Gasteiger partial charge on any atom is 0.253 e. The van der Waals surface area contributed by atoms with E-state index in [4.69, 9.17) is 0 Å². The molecule has 0 fully saturated rings. The molecule has 1 aromatic rings. The summed E-state index contributed by atoms with van der Waals surface area (Å²) in [6, 6.07) is 7.38. The SMILES string of the molecule is CCCNc1ccccc1C(=O)NCC(C)(C)C(=O)NC. The van der Waals surface area contributed by atoms with Crippen LogP contribution in [0.25, 0.3) is 0 Å². The predicted molar refractivity (Wildman–Crippen MR) is 85.4 cm³/mol. The third-order valence-corrected chi connectivity index (χ3v) is 3.27. The van der Waals surface area contributed by atoms with Gasteiger partial charge in [-0.1, -0.05) is 19.1 Å². The molecule has 21 heavy (non-hydrogen) atoms. The van der Waals surface area contributed by atoms with Gasteiger partial charge in [-0.3, -0.25) is 9.59 Å². The summed E-state index contributed by atoms with van der Waals surface area (Å²) < 4.78 is 0. The van der Waals surface area contributed by atoms with E-state index < -0.39 is 5.41 Å². The largest absolute Gasteiger partial charge is 0.384 e. The Morgan fingerprint density at radius 2 is 1.86 bits per heavy atom. The summed E-state index contributed by atoms with van der Waals surface area (Å²) in [5.41, 5.74) is 0.768. The fourth-order valence-electron chi connectivity index (χ4n) is 1.91. The summed E-state index contributed by atoms with van der Waals surface area (Å²) in [5.74, 6) is -0.272. The maximum atomic E-state index is 12.3. The van der Waals surface area contributed by atoms with Crippen molar-refractivity contribution >= 4 is 17.5 Å². The van der Waals surface area contributed by atoms with E-state index in [0.717, 1.165) is 18.7 Å². The zero-order chi connectivity index (χ0) is 15.9. The molecule has 0 aliphatic carbocycles. The van der Waals surface area contributed by atoms with Crippen LogP contribution in [0.1, 0.15) is 37.6 Å². The number of para-hydroxylation sites is 1. The number of hydrogen-bond acceptors (Lipinski definition) is 3. The molecule has 0 saturated heterocycles. The average molecular weight is 291 g/mol. The summed E-state index contributed by atoms with van der Waals surface area (Å²) >= 11 is 0. The Morgan fingerprint density at radius 1 is 1.19 bits per heavy atom. The molecule has 0 spiro atoms. The summed E-state index contributed by atoms with van der Waals surface area (Å²) in [6.45, 7) is 6.77. The molecule has 0 radical (unpaired) electrons. The monoisotopic (exact) mass is 291 g/mol. The normalized spacial score (nSPS) is 10.9. The van der Waals surface area contributed by atoms with Crippen LogP contribution in [0, 0.1) is 5.41 Å². The lowest BCUT2D eigenvalue weighted by Gasteiger charge is -2.23. The van der Waals surface area contributed by atoms with Crippen LogP contribution in [0.15, 0.2) is 24.3 Å². The number of amides is 2. The Balaban J connectivity index is 2.74. The van der Waals surface area contributed by atoms with Crippen molar-refractivity contribution < 1.29 is 9.59 Å². The number of carbonyl (C=O) groups is 2. The van der Waals surface area contributed by atoms with Crippen molar-refractivity contribution in [2.45, 2.75) is 27.2 Å². The Morgan fingerprint density at radius 3 is 2.48 bits per heavy atom. The van der Waals surface area contributed by atoms with E-state index in [1.54, 1.807) is 27.0 Å². The van der Waals surface area contributed by atoms with Crippen LogP contribution < -0.4 is 16.0 Å². The van der Waals surface area contributed by atoms with Crippen molar-refractivity contribution in [2.75, 3.05) is 25.5 Å². The van der Waals surface area contributed by atoms with Crippen LogP contribution in [0.3, 0.4) is 0 Å². The zero-order valence-electron chi connectivity index (χ0n) is 13.2. The second kappa shape index (κ2) is 7.67. The second-order valence-electron chi connectivity index (χ2n) is 5.62. The van der Waals surface area contributed by atoms with E-state index in [2.05, 4.69) is 22.9 Å². The molecule has 0 aliphatic heterocycles. The fourth-order valence-corrected chi connectivity index (χ4v) is 1.91. The molecule has 3 N–H and O–H groups in total. The van der Waals surface area contributed by atoms with Crippen LogP contribution in [0.4, 0.5) is 5.69 Å². The van der Waals surface area contributed by atoms with Gasteiger partial charge in [0.15, 0.2) is 0 Å². The van der Waals surface area contributed by atoms with E-state index in [1.165, 1.54) is 0 Å². The third-order valence-electron chi connectivity index (χ3n) is 3.27. The van der Waals surface area contributed by atoms with Crippen LogP contribution in [0.2, 0.25) is 0 Å². The highest BCUT2D eigenvalue weighted by atomic mass is 16.2. The fraction of sp³-hybridized carbons (Fsp3) is 0.500. The summed E-state index contributed by atoms with van der Waals surface area (Å²) in [6.07, 6.45) is 0.986. The Bertz CT molecular complexity index is 498. The van der Waals surface area contributed by atoms with Gasteiger partial charge in [0, 0.05) is 25.8 Å². The van der Waals surface area contributed by atoms with Crippen molar-refractivity contribution in [1.82, 2.24) is 10.6 Å². The minimum atomic E-state index is -0.643. The van der Waals surface area contributed by atoms with Crippen LogP contribution >= 0.6 is 0 Å². The van der Waals surface area contributed by atoms with E-state index in [9.17, 15) is 9.59 Å². The van der Waals surface area contributed by atoms with Gasteiger partial charge in [-0.15, -0.1) is 0 Å². The first-order valence-corrected chi connectivity index (χ1v) is 7.25. The van der Waals surface area contributed by atoms with Crippen molar-refractivity contribution in [3.05, 3.63) is 29.8 Å². The molecule has 2 amide bonds. The summed E-state index contributed by atoms with van der Waals surface area (Å²) in [4.78, 5) is 24.0. The van der Waals surface area contributed by atoms with E-state index in [0.29, 0.717) is 5.56 Å². The molecule has 5 nitrogen and oxygen atoms in total. The number of nitrogens with one attached hydrogen (secondary N) is 3. The van der Waals surface area contributed by atoms with Crippen LogP contribution in [0.5, 0.6) is 0 Å². The molecule has 1 rings (SSSR count). The number of rotatable bonds is 7. The standard InChI is InChI=1S/C16H25N3O2/c1-5-10-18-13-9-7-6-8-12(13)14(20)19-11-16(2,3)15(21)17-4/h6-9,18H,5,10-11H2,1-4H3,(H,17,21)(H,19,20). The lowest BCUT2D eigenvalue weighted by molar-refractivity contribution is -0.128. The van der Waals surface area contributed by atoms with E-state index >= 15 is 0 Å². The molecule has 0 bridgehead atoms. The molecule has 0 saturated carbocycles. The molecule has 116 valence electrons. The van der Waals surface area contributed by atoms with E-state index in [1.807, 2.05) is 18.2 Å². The lowest BCUT2D eigenvalue weighted by atomic mass is 9.92. The number of anilines is 1. The first-order valence-electron chi connectivity index (χ1n) is 7.25. The molecule has 0 heterocycles. The topological polar surface area (TPSA) is 70.2 Å². The van der Waals surface area contributed by atoms with Gasteiger partial charge in [-0.25, -0.2) is 0 Å². The van der Waals surface area contributed by atoms with Crippen molar-refractivity contribution in [2.24, 2.45) is 5.41 Å². The van der Waals surface area contributed by atoms with Gasteiger partial charge in [-0.05, 0) is 32.4 Å². The first-order chi connectivity index (χ1) is 9.92. The molecule has 0 aromatic heterocycles. The Hall–Kier alpha value is -2.04.